The molecule has 96 valence electrons. The van der Waals surface area contributed by atoms with Crippen molar-refractivity contribution in [1.82, 2.24) is 0 Å². The number of ether oxygens (including phenoxy) is 1. The molecule has 1 fully saturated rings. The Labute approximate surface area is 101 Å². The van der Waals surface area contributed by atoms with Crippen molar-refractivity contribution in [2.75, 3.05) is 0 Å². The van der Waals surface area contributed by atoms with Gasteiger partial charge in [0.2, 0.25) is 0 Å². The monoisotopic (exact) mass is 227 g/mol. The van der Waals surface area contributed by atoms with Gasteiger partial charge in [-0.3, -0.25) is 0 Å². The molecule has 0 heterocycles. The van der Waals surface area contributed by atoms with E-state index >= 15 is 0 Å². The third-order valence-corrected chi connectivity index (χ3v) is 3.63. The van der Waals surface area contributed by atoms with Crippen LogP contribution in [0.4, 0.5) is 0 Å². The van der Waals surface area contributed by atoms with Gasteiger partial charge < -0.3 is 10.5 Å². The van der Waals surface area contributed by atoms with Crippen LogP contribution in [0.25, 0.3) is 0 Å². The molecule has 2 nitrogen and oxygen atoms in total. The molecule has 0 amide bonds. The summed E-state index contributed by atoms with van der Waals surface area (Å²) in [5.74, 6) is 0.878. The Kier molecular flexibility index (Phi) is 4.81. The molecule has 2 unspecified atom stereocenters. The van der Waals surface area contributed by atoms with Crippen LogP contribution in [0, 0.1) is 11.3 Å². The van der Waals surface area contributed by atoms with Crippen molar-refractivity contribution in [2.24, 2.45) is 17.1 Å². The van der Waals surface area contributed by atoms with Gasteiger partial charge in [-0.05, 0) is 43.9 Å². The van der Waals surface area contributed by atoms with E-state index in [0.717, 1.165) is 5.92 Å². The maximum absolute atomic E-state index is 6.24. The second-order valence-corrected chi connectivity index (χ2v) is 6.66. The molecule has 16 heavy (non-hydrogen) atoms. The lowest BCUT2D eigenvalue weighted by atomic mass is 9.84. The Morgan fingerprint density at radius 2 is 1.62 bits per heavy atom. The van der Waals surface area contributed by atoms with Gasteiger partial charge in [-0.15, -0.1) is 0 Å². The molecule has 1 rings (SSSR count). The highest BCUT2D eigenvalue weighted by molar-refractivity contribution is 4.83. The van der Waals surface area contributed by atoms with Gasteiger partial charge in [0, 0.05) is 6.04 Å². The van der Waals surface area contributed by atoms with E-state index in [1.165, 1.54) is 25.7 Å². The highest BCUT2D eigenvalue weighted by Crippen LogP contribution is 2.31. The maximum Gasteiger partial charge on any atom is 0.0775 e. The third kappa shape index (κ3) is 4.06. The van der Waals surface area contributed by atoms with Crippen LogP contribution in [0.15, 0.2) is 0 Å². The van der Waals surface area contributed by atoms with Crippen molar-refractivity contribution in [2.45, 2.75) is 78.6 Å². The van der Waals surface area contributed by atoms with Crippen molar-refractivity contribution >= 4 is 0 Å². The molecule has 0 radical (unpaired) electrons. The van der Waals surface area contributed by atoms with E-state index in [0.29, 0.717) is 6.10 Å². The van der Waals surface area contributed by atoms with Gasteiger partial charge in [0.1, 0.15) is 0 Å². The zero-order valence-electron chi connectivity index (χ0n) is 11.6. The largest absolute Gasteiger partial charge is 0.373 e. The summed E-state index contributed by atoms with van der Waals surface area (Å²) in [5, 5.41) is 0. The minimum atomic E-state index is 0.111. The van der Waals surface area contributed by atoms with Crippen molar-refractivity contribution < 1.29 is 4.74 Å². The third-order valence-electron chi connectivity index (χ3n) is 3.63. The maximum atomic E-state index is 6.24. The summed E-state index contributed by atoms with van der Waals surface area (Å²) in [7, 11) is 0. The van der Waals surface area contributed by atoms with Gasteiger partial charge in [0.15, 0.2) is 0 Å². The predicted octanol–water partition coefficient (Wildman–Crippen LogP) is 3.34. The van der Waals surface area contributed by atoms with Crippen LogP contribution < -0.4 is 5.73 Å². The fourth-order valence-corrected chi connectivity index (χ4v) is 2.69. The minimum Gasteiger partial charge on any atom is -0.373 e. The van der Waals surface area contributed by atoms with Crippen molar-refractivity contribution in [3.05, 3.63) is 0 Å². The zero-order chi connectivity index (χ0) is 12.3. The summed E-state index contributed by atoms with van der Waals surface area (Å²) in [6.07, 6.45) is 5.64. The van der Waals surface area contributed by atoms with Gasteiger partial charge in [0.25, 0.3) is 0 Å². The fraction of sp³-hybridized carbons (Fsp3) is 1.00. The van der Waals surface area contributed by atoms with Crippen LogP contribution in [0.2, 0.25) is 0 Å². The average molecular weight is 227 g/mol. The van der Waals surface area contributed by atoms with Crippen LogP contribution >= 0.6 is 0 Å². The van der Waals surface area contributed by atoms with Gasteiger partial charge in [-0.1, -0.05) is 27.7 Å². The zero-order valence-corrected chi connectivity index (χ0v) is 11.6. The van der Waals surface area contributed by atoms with Crippen molar-refractivity contribution in [3.8, 4) is 0 Å². The number of nitrogens with two attached hydrogens (primary N) is 1. The Bertz CT molecular complexity index is 199. The van der Waals surface area contributed by atoms with Gasteiger partial charge in [-0.25, -0.2) is 0 Å². The first-order valence-electron chi connectivity index (χ1n) is 6.71. The summed E-state index contributed by atoms with van der Waals surface area (Å²) in [6.45, 7) is 11.0. The van der Waals surface area contributed by atoms with Crippen molar-refractivity contribution in [3.63, 3.8) is 0 Å². The summed E-state index contributed by atoms with van der Waals surface area (Å²) in [6, 6.07) is 0.111. The second-order valence-electron chi connectivity index (χ2n) is 6.66. The quantitative estimate of drug-likeness (QED) is 0.802. The summed E-state index contributed by atoms with van der Waals surface area (Å²) >= 11 is 0. The smallest absolute Gasteiger partial charge is 0.0775 e. The standard InChI is InChI=1S/C14H29NO/c1-10-6-8-12(9-7-10)16-13(11(2)15)14(3,4)5/h10-13H,6-9,15H2,1-5H3. The van der Waals surface area contributed by atoms with E-state index in [9.17, 15) is 0 Å². The van der Waals surface area contributed by atoms with Crippen LogP contribution in [-0.2, 0) is 4.74 Å². The first-order valence-corrected chi connectivity index (χ1v) is 6.71. The second kappa shape index (κ2) is 5.50. The van der Waals surface area contributed by atoms with Crippen LogP contribution in [0.1, 0.15) is 60.3 Å². The van der Waals surface area contributed by atoms with E-state index in [1.54, 1.807) is 0 Å². The lowest BCUT2D eigenvalue weighted by Gasteiger charge is -2.38. The summed E-state index contributed by atoms with van der Waals surface area (Å²) in [5.41, 5.74) is 6.18. The highest BCUT2D eigenvalue weighted by atomic mass is 16.5. The molecule has 2 atom stereocenters. The molecule has 0 aliphatic heterocycles. The lowest BCUT2D eigenvalue weighted by molar-refractivity contribution is -0.0907. The highest BCUT2D eigenvalue weighted by Gasteiger charge is 2.32. The molecule has 0 saturated heterocycles. The molecule has 0 spiro atoms. The SMILES string of the molecule is CC1CCC(OC(C(C)N)C(C)(C)C)CC1. The van der Waals surface area contributed by atoms with Crippen LogP contribution in [0.3, 0.4) is 0 Å². The first-order chi connectivity index (χ1) is 7.30. The molecule has 0 bridgehead atoms. The van der Waals surface area contributed by atoms with E-state index in [-0.39, 0.29) is 17.6 Å². The molecule has 0 aromatic rings. The van der Waals surface area contributed by atoms with E-state index in [1.807, 2.05) is 0 Å². The fourth-order valence-electron chi connectivity index (χ4n) is 2.69. The van der Waals surface area contributed by atoms with Crippen molar-refractivity contribution in [1.29, 1.82) is 0 Å². The Morgan fingerprint density at radius 3 is 2.00 bits per heavy atom. The van der Waals surface area contributed by atoms with Gasteiger partial charge >= 0.3 is 0 Å². The summed E-state index contributed by atoms with van der Waals surface area (Å²) < 4.78 is 6.24. The molecule has 1 aliphatic carbocycles. The van der Waals surface area contributed by atoms with E-state index < -0.39 is 0 Å². The normalized spacial score (nSPS) is 31.1. The van der Waals surface area contributed by atoms with Gasteiger partial charge in [0.05, 0.1) is 12.2 Å². The van der Waals surface area contributed by atoms with E-state index in [4.69, 9.17) is 10.5 Å². The molecule has 1 aliphatic rings. The molecule has 2 N–H and O–H groups in total. The number of rotatable bonds is 3. The molecular formula is C14H29NO. The molecule has 1 saturated carbocycles. The van der Waals surface area contributed by atoms with E-state index in [2.05, 4.69) is 34.6 Å². The Balaban J connectivity index is 2.49. The Hall–Kier alpha value is -0.0800. The minimum absolute atomic E-state index is 0.111. The average Bonchev–Trinajstić information content (AvgIpc) is 2.14. The summed E-state index contributed by atoms with van der Waals surface area (Å²) in [4.78, 5) is 0. The molecule has 0 aromatic carbocycles. The van der Waals surface area contributed by atoms with Crippen LogP contribution in [0.5, 0.6) is 0 Å². The lowest BCUT2D eigenvalue weighted by Crippen LogP contribution is -2.46. The first kappa shape index (κ1) is 14.0. The number of hydrogen-bond acceptors (Lipinski definition) is 2. The molecule has 0 aromatic heterocycles. The molecular weight excluding hydrogens is 198 g/mol. The molecule has 2 heteroatoms. The Morgan fingerprint density at radius 1 is 1.12 bits per heavy atom. The van der Waals surface area contributed by atoms with Gasteiger partial charge in [-0.2, -0.15) is 0 Å². The topological polar surface area (TPSA) is 35.2 Å². The number of hydrogen-bond donors (Lipinski definition) is 1. The predicted molar refractivity (Wildman–Crippen MR) is 69.4 cm³/mol. The van der Waals surface area contributed by atoms with Crippen LogP contribution in [-0.4, -0.2) is 18.2 Å².